The van der Waals surface area contributed by atoms with Crippen molar-refractivity contribution in [3.8, 4) is 0 Å². The van der Waals surface area contributed by atoms with Crippen LogP contribution in [0, 0.1) is 0 Å². The predicted octanol–water partition coefficient (Wildman–Crippen LogP) is -0.543. The van der Waals surface area contributed by atoms with Crippen LogP contribution in [0.5, 0.6) is 0 Å². The molecule has 2 aromatic heterocycles. The Morgan fingerprint density at radius 2 is 2.53 bits per heavy atom. The highest BCUT2D eigenvalue weighted by Crippen LogP contribution is 2.16. The first kappa shape index (κ1) is 12.2. The molecule has 1 amide bonds. The predicted molar refractivity (Wildman–Crippen MR) is 68.9 cm³/mol. The standard InChI is InChI=1S/C12H17N5O2/c1-16-6-8(4-9(16)7-18)15-12(19)10-5-14-17-3-2-13-11(10)17/h2-3,5,8-9,14,18H,4,6-7H2,1H3,(H,15,19)/t8-,9+/m1/s1. The van der Waals surface area contributed by atoms with Gasteiger partial charge in [-0.2, -0.15) is 0 Å². The minimum atomic E-state index is -0.130. The molecule has 1 fully saturated rings. The van der Waals surface area contributed by atoms with E-state index in [1.54, 1.807) is 23.1 Å². The first-order valence-electron chi connectivity index (χ1n) is 6.31. The minimum absolute atomic E-state index is 0.0690. The Labute approximate surface area is 110 Å². The Morgan fingerprint density at radius 3 is 3.26 bits per heavy atom. The van der Waals surface area contributed by atoms with Crippen molar-refractivity contribution in [2.45, 2.75) is 18.5 Å². The molecule has 7 nitrogen and oxygen atoms in total. The maximum Gasteiger partial charge on any atom is 0.256 e. The molecule has 3 rings (SSSR count). The number of aromatic amines is 1. The van der Waals surface area contributed by atoms with Crippen molar-refractivity contribution in [3.05, 3.63) is 24.2 Å². The van der Waals surface area contributed by atoms with Crippen molar-refractivity contribution >= 4 is 11.6 Å². The second-order valence-electron chi connectivity index (χ2n) is 4.99. The third-order valence-corrected chi connectivity index (χ3v) is 3.71. The fraction of sp³-hybridized carbons (Fsp3) is 0.500. The lowest BCUT2D eigenvalue weighted by Gasteiger charge is -2.15. The third kappa shape index (κ3) is 2.11. The fourth-order valence-corrected chi connectivity index (χ4v) is 2.63. The van der Waals surface area contributed by atoms with Gasteiger partial charge in [0.15, 0.2) is 5.65 Å². The maximum atomic E-state index is 12.2. The topological polar surface area (TPSA) is 85.7 Å². The Bertz CT molecular complexity index is 590. The number of likely N-dealkylation sites (N-methyl/N-ethyl adjacent to an activating group) is 1. The summed E-state index contributed by atoms with van der Waals surface area (Å²) in [6, 6.07) is 0.197. The first-order chi connectivity index (χ1) is 9.19. The number of aliphatic hydroxyl groups excluding tert-OH is 1. The minimum Gasteiger partial charge on any atom is -0.395 e. The highest BCUT2D eigenvalue weighted by molar-refractivity contribution is 5.99. The molecule has 0 unspecified atom stereocenters. The van der Waals surface area contributed by atoms with Crippen LogP contribution in [-0.4, -0.2) is 62.8 Å². The lowest BCUT2D eigenvalue weighted by Crippen LogP contribution is -2.36. The van der Waals surface area contributed by atoms with Crippen LogP contribution in [0.25, 0.3) is 5.65 Å². The molecular formula is C12H17N5O2. The normalized spacial score (nSPS) is 24.1. The van der Waals surface area contributed by atoms with E-state index < -0.39 is 0 Å². The number of carbonyl (C=O) groups is 1. The zero-order valence-electron chi connectivity index (χ0n) is 10.7. The molecule has 3 heterocycles. The van der Waals surface area contributed by atoms with E-state index in [9.17, 15) is 9.90 Å². The highest BCUT2D eigenvalue weighted by Gasteiger charge is 2.30. The number of amides is 1. The number of imidazole rings is 1. The number of nitrogens with zero attached hydrogens (tertiary/aromatic N) is 3. The average molecular weight is 263 g/mol. The summed E-state index contributed by atoms with van der Waals surface area (Å²) in [6.07, 6.45) is 5.83. The van der Waals surface area contributed by atoms with Crippen LogP contribution in [0.15, 0.2) is 18.6 Å². The van der Waals surface area contributed by atoms with Crippen LogP contribution < -0.4 is 5.32 Å². The zero-order valence-corrected chi connectivity index (χ0v) is 10.7. The van der Waals surface area contributed by atoms with E-state index in [-0.39, 0.29) is 24.6 Å². The number of H-pyrrole nitrogens is 1. The van der Waals surface area contributed by atoms with Gasteiger partial charge < -0.3 is 10.4 Å². The van der Waals surface area contributed by atoms with Crippen molar-refractivity contribution in [1.82, 2.24) is 24.8 Å². The molecule has 1 aliphatic rings. The van der Waals surface area contributed by atoms with Crippen LogP contribution in [0.4, 0.5) is 0 Å². The van der Waals surface area contributed by atoms with E-state index in [0.717, 1.165) is 13.0 Å². The van der Waals surface area contributed by atoms with E-state index in [1.165, 1.54) is 0 Å². The lowest BCUT2D eigenvalue weighted by molar-refractivity contribution is 0.0939. The fourth-order valence-electron chi connectivity index (χ4n) is 2.63. The molecule has 3 N–H and O–H groups in total. The largest absolute Gasteiger partial charge is 0.395 e. The SMILES string of the molecule is CN1C[C@H](NC(=O)c2c[nH]n3ccnc23)C[C@H]1CO. The van der Waals surface area contributed by atoms with Crippen LogP contribution in [-0.2, 0) is 0 Å². The molecule has 2 aromatic rings. The quantitative estimate of drug-likeness (QED) is 0.694. The van der Waals surface area contributed by atoms with Gasteiger partial charge in [-0.1, -0.05) is 0 Å². The Hall–Kier alpha value is -1.86. The molecule has 1 aliphatic heterocycles. The summed E-state index contributed by atoms with van der Waals surface area (Å²) in [4.78, 5) is 18.4. The van der Waals surface area contributed by atoms with Crippen molar-refractivity contribution in [2.75, 3.05) is 20.2 Å². The molecule has 0 saturated carbocycles. The lowest BCUT2D eigenvalue weighted by atomic mass is 10.1. The summed E-state index contributed by atoms with van der Waals surface area (Å²) in [6.45, 7) is 0.879. The second kappa shape index (κ2) is 4.67. The van der Waals surface area contributed by atoms with Gasteiger partial charge in [0.1, 0.15) is 5.56 Å². The summed E-state index contributed by atoms with van der Waals surface area (Å²) in [5.41, 5.74) is 1.17. The number of likely N-dealkylation sites (tertiary alicyclic amines) is 1. The van der Waals surface area contributed by atoms with Gasteiger partial charge in [0.2, 0.25) is 0 Å². The van der Waals surface area contributed by atoms with Crippen LogP contribution in [0.1, 0.15) is 16.8 Å². The van der Waals surface area contributed by atoms with E-state index >= 15 is 0 Å². The summed E-state index contributed by atoms with van der Waals surface area (Å²) in [5, 5.41) is 15.2. The van der Waals surface area contributed by atoms with Gasteiger partial charge in [-0.3, -0.25) is 14.8 Å². The number of aromatic nitrogens is 3. The van der Waals surface area contributed by atoms with Crippen LogP contribution in [0.2, 0.25) is 0 Å². The number of fused-ring (bicyclic) bond motifs is 1. The van der Waals surface area contributed by atoms with Crippen molar-refractivity contribution < 1.29 is 9.90 Å². The van der Waals surface area contributed by atoms with Gasteiger partial charge >= 0.3 is 0 Å². The zero-order chi connectivity index (χ0) is 13.4. The summed E-state index contributed by atoms with van der Waals surface area (Å²) in [5.74, 6) is -0.130. The van der Waals surface area contributed by atoms with Gasteiger partial charge in [0.25, 0.3) is 5.91 Å². The summed E-state index contributed by atoms with van der Waals surface area (Å²) in [7, 11) is 1.95. The molecule has 1 saturated heterocycles. The van der Waals surface area contributed by atoms with Crippen LogP contribution in [0.3, 0.4) is 0 Å². The molecule has 0 spiro atoms. The number of rotatable bonds is 3. The number of hydrogen-bond acceptors (Lipinski definition) is 4. The number of carbonyl (C=O) groups excluding carboxylic acids is 1. The van der Waals surface area contributed by atoms with Crippen LogP contribution >= 0.6 is 0 Å². The van der Waals surface area contributed by atoms with Gasteiger partial charge in [-0.25, -0.2) is 9.50 Å². The van der Waals surface area contributed by atoms with Crippen molar-refractivity contribution in [2.24, 2.45) is 0 Å². The highest BCUT2D eigenvalue weighted by atomic mass is 16.3. The molecular weight excluding hydrogens is 246 g/mol. The van der Waals surface area contributed by atoms with Gasteiger partial charge in [0, 0.05) is 37.2 Å². The molecule has 0 bridgehead atoms. The Kier molecular flexibility index (Phi) is 3.00. The third-order valence-electron chi connectivity index (χ3n) is 3.71. The van der Waals surface area contributed by atoms with Crippen molar-refractivity contribution in [1.29, 1.82) is 0 Å². The molecule has 0 aliphatic carbocycles. The smallest absolute Gasteiger partial charge is 0.256 e. The molecule has 102 valence electrons. The first-order valence-corrected chi connectivity index (χ1v) is 6.31. The summed E-state index contributed by atoms with van der Waals surface area (Å²) < 4.78 is 1.70. The van der Waals surface area contributed by atoms with Gasteiger partial charge in [-0.15, -0.1) is 0 Å². The average Bonchev–Trinajstić information content (AvgIpc) is 3.03. The Morgan fingerprint density at radius 1 is 1.68 bits per heavy atom. The summed E-state index contributed by atoms with van der Waals surface area (Å²) >= 11 is 0. The molecule has 7 heteroatoms. The monoisotopic (exact) mass is 263 g/mol. The van der Waals surface area contributed by atoms with Gasteiger partial charge in [0.05, 0.1) is 6.61 Å². The number of nitrogens with one attached hydrogen (secondary N) is 2. The van der Waals surface area contributed by atoms with E-state index in [4.69, 9.17) is 0 Å². The second-order valence-corrected chi connectivity index (χ2v) is 4.99. The number of aliphatic hydroxyl groups is 1. The molecule has 0 aromatic carbocycles. The molecule has 2 atom stereocenters. The van der Waals surface area contributed by atoms with E-state index in [2.05, 4.69) is 20.3 Å². The number of hydrogen-bond donors (Lipinski definition) is 3. The Balaban J connectivity index is 1.71. The van der Waals surface area contributed by atoms with Gasteiger partial charge in [-0.05, 0) is 13.5 Å². The van der Waals surface area contributed by atoms with E-state index in [1.807, 2.05) is 7.05 Å². The molecule has 0 radical (unpaired) electrons. The molecule has 19 heavy (non-hydrogen) atoms. The van der Waals surface area contributed by atoms with E-state index in [0.29, 0.717) is 11.2 Å². The maximum absolute atomic E-state index is 12.2. The van der Waals surface area contributed by atoms with Crippen molar-refractivity contribution in [3.63, 3.8) is 0 Å².